The smallest absolute Gasteiger partial charge is 0.284 e. The number of azo groups is 1. The molecule has 0 bridgehead atoms. The zero-order valence-electron chi connectivity index (χ0n) is 12.5. The molecule has 0 unspecified atom stereocenters. The second-order valence-corrected chi connectivity index (χ2v) is 5.42. The Hall–Kier alpha value is -2.87. The maximum Gasteiger partial charge on any atom is 0.435 e. The van der Waals surface area contributed by atoms with Crippen molar-refractivity contribution in [2.75, 3.05) is 0 Å². The zero-order chi connectivity index (χ0) is 18.0. The standard InChI is InChI=1S/C16H10ClF3N4O/c17-10-6-8-11(9-7-10)21-22-13-14(16(18,19)20)23-24(15(13)25)12-4-2-1-3-5-12/h1-9,23H. The number of alkyl halides is 3. The summed E-state index contributed by atoms with van der Waals surface area (Å²) in [5.41, 5.74) is -2.50. The van der Waals surface area contributed by atoms with Crippen LogP contribution in [0.5, 0.6) is 0 Å². The van der Waals surface area contributed by atoms with Crippen LogP contribution >= 0.6 is 11.6 Å². The van der Waals surface area contributed by atoms with Gasteiger partial charge in [-0.1, -0.05) is 29.8 Å². The third kappa shape index (κ3) is 3.63. The van der Waals surface area contributed by atoms with E-state index in [4.69, 9.17) is 11.6 Å². The number of hydrogen-bond donors (Lipinski definition) is 1. The molecule has 9 heteroatoms. The predicted octanol–water partition coefficient (Wildman–Crippen LogP) is 5.25. The summed E-state index contributed by atoms with van der Waals surface area (Å²) in [6.07, 6.45) is -4.78. The van der Waals surface area contributed by atoms with Crippen molar-refractivity contribution < 1.29 is 13.2 Å². The number of para-hydroxylation sites is 1. The molecular weight excluding hydrogens is 357 g/mol. The van der Waals surface area contributed by atoms with Crippen molar-refractivity contribution in [2.45, 2.75) is 6.18 Å². The highest BCUT2D eigenvalue weighted by molar-refractivity contribution is 6.30. The van der Waals surface area contributed by atoms with Crippen molar-refractivity contribution in [3.05, 3.63) is 75.7 Å². The highest BCUT2D eigenvalue weighted by atomic mass is 35.5. The van der Waals surface area contributed by atoms with E-state index in [2.05, 4.69) is 15.3 Å². The van der Waals surface area contributed by atoms with E-state index in [9.17, 15) is 18.0 Å². The van der Waals surface area contributed by atoms with E-state index in [1.807, 2.05) is 0 Å². The lowest BCUT2D eigenvalue weighted by atomic mass is 10.3. The number of rotatable bonds is 3. The molecule has 0 radical (unpaired) electrons. The highest BCUT2D eigenvalue weighted by Gasteiger charge is 2.38. The molecule has 128 valence electrons. The zero-order valence-corrected chi connectivity index (χ0v) is 13.2. The number of benzene rings is 2. The summed E-state index contributed by atoms with van der Waals surface area (Å²) >= 11 is 5.73. The summed E-state index contributed by atoms with van der Waals surface area (Å²) in [6, 6.07) is 13.9. The van der Waals surface area contributed by atoms with Gasteiger partial charge in [0.1, 0.15) is 0 Å². The Bertz CT molecular complexity index is 960. The molecule has 0 spiro atoms. The van der Waals surface area contributed by atoms with E-state index in [-0.39, 0.29) is 11.4 Å². The molecule has 3 aromatic rings. The molecule has 0 aliphatic rings. The van der Waals surface area contributed by atoms with Crippen LogP contribution in [0.2, 0.25) is 5.02 Å². The topological polar surface area (TPSA) is 62.5 Å². The van der Waals surface area contributed by atoms with Crippen LogP contribution in [-0.2, 0) is 6.18 Å². The van der Waals surface area contributed by atoms with Gasteiger partial charge in [-0.3, -0.25) is 9.89 Å². The molecule has 0 fully saturated rings. The first kappa shape index (κ1) is 17.0. The number of nitrogens with one attached hydrogen (secondary N) is 1. The van der Waals surface area contributed by atoms with E-state index >= 15 is 0 Å². The number of halogens is 4. The molecule has 0 saturated carbocycles. The molecule has 5 nitrogen and oxygen atoms in total. The average molecular weight is 367 g/mol. The molecular formula is C16H10ClF3N4O. The maximum atomic E-state index is 13.2. The van der Waals surface area contributed by atoms with E-state index in [1.165, 1.54) is 36.4 Å². The Morgan fingerprint density at radius 1 is 0.960 bits per heavy atom. The summed E-state index contributed by atoms with van der Waals surface area (Å²) in [7, 11) is 0. The van der Waals surface area contributed by atoms with Gasteiger partial charge in [-0.15, -0.1) is 5.11 Å². The van der Waals surface area contributed by atoms with Crippen LogP contribution in [0, 0.1) is 0 Å². The van der Waals surface area contributed by atoms with Gasteiger partial charge in [-0.2, -0.15) is 18.3 Å². The van der Waals surface area contributed by atoms with Gasteiger partial charge in [0, 0.05) is 5.02 Å². The van der Waals surface area contributed by atoms with Crippen LogP contribution in [0.3, 0.4) is 0 Å². The summed E-state index contributed by atoms with van der Waals surface area (Å²) in [4.78, 5) is 12.4. The van der Waals surface area contributed by atoms with Crippen molar-refractivity contribution >= 4 is 23.0 Å². The second kappa shape index (κ2) is 6.56. The third-order valence-corrected chi connectivity index (χ3v) is 3.51. The largest absolute Gasteiger partial charge is 0.435 e. The highest BCUT2D eigenvalue weighted by Crippen LogP contribution is 2.34. The Labute approximate surface area is 144 Å². The minimum atomic E-state index is -4.78. The first-order valence-corrected chi connectivity index (χ1v) is 7.39. The fourth-order valence-electron chi connectivity index (χ4n) is 2.09. The Kier molecular flexibility index (Phi) is 4.45. The van der Waals surface area contributed by atoms with E-state index < -0.39 is 23.1 Å². The number of H-pyrrole nitrogens is 1. The Balaban J connectivity index is 2.10. The molecule has 0 aliphatic heterocycles. The molecule has 0 saturated heterocycles. The molecule has 0 aliphatic carbocycles. The second-order valence-electron chi connectivity index (χ2n) is 4.99. The summed E-state index contributed by atoms with van der Waals surface area (Å²) in [6.45, 7) is 0. The van der Waals surface area contributed by atoms with Gasteiger partial charge in [-0.25, -0.2) is 4.68 Å². The average Bonchev–Trinajstić information content (AvgIpc) is 2.92. The lowest BCUT2D eigenvalue weighted by molar-refractivity contribution is -0.140. The fraction of sp³-hybridized carbons (Fsp3) is 0.0625. The molecule has 3 rings (SSSR count). The van der Waals surface area contributed by atoms with Crippen LogP contribution in [0.1, 0.15) is 5.69 Å². The van der Waals surface area contributed by atoms with Gasteiger partial charge in [0.2, 0.25) is 0 Å². The lowest BCUT2D eigenvalue weighted by Crippen LogP contribution is -2.13. The van der Waals surface area contributed by atoms with Gasteiger partial charge in [0.25, 0.3) is 5.56 Å². The predicted molar refractivity (Wildman–Crippen MR) is 87.0 cm³/mol. The lowest BCUT2D eigenvalue weighted by Gasteiger charge is -2.04. The van der Waals surface area contributed by atoms with E-state index in [0.29, 0.717) is 5.02 Å². The number of hydrogen-bond acceptors (Lipinski definition) is 3. The Morgan fingerprint density at radius 3 is 2.20 bits per heavy atom. The minimum Gasteiger partial charge on any atom is -0.284 e. The van der Waals surface area contributed by atoms with Crippen LogP contribution in [0.25, 0.3) is 5.69 Å². The number of nitrogens with zero attached hydrogens (tertiary/aromatic N) is 3. The van der Waals surface area contributed by atoms with Crippen LogP contribution in [-0.4, -0.2) is 9.78 Å². The summed E-state index contributed by atoms with van der Waals surface area (Å²) in [5.74, 6) is 0. The normalized spacial score (nSPS) is 12.0. The third-order valence-electron chi connectivity index (χ3n) is 3.26. The van der Waals surface area contributed by atoms with Crippen molar-refractivity contribution in [3.63, 3.8) is 0 Å². The SMILES string of the molecule is O=c1c(N=Nc2ccc(Cl)cc2)c(C(F)(F)F)[nH]n1-c1ccccc1. The number of aromatic amines is 1. The van der Waals surface area contributed by atoms with Gasteiger partial charge in [-0.05, 0) is 36.4 Å². The molecule has 1 N–H and O–H groups in total. The first-order chi connectivity index (χ1) is 11.9. The monoisotopic (exact) mass is 366 g/mol. The summed E-state index contributed by atoms with van der Waals surface area (Å²) in [5, 5.41) is 9.71. The maximum absolute atomic E-state index is 13.2. The van der Waals surface area contributed by atoms with Crippen LogP contribution in [0.15, 0.2) is 69.6 Å². The first-order valence-electron chi connectivity index (χ1n) is 7.01. The molecule has 0 atom stereocenters. The quantitative estimate of drug-likeness (QED) is 0.632. The van der Waals surface area contributed by atoms with Crippen molar-refractivity contribution in [1.82, 2.24) is 9.78 Å². The van der Waals surface area contributed by atoms with Crippen molar-refractivity contribution in [3.8, 4) is 5.69 Å². The summed E-state index contributed by atoms with van der Waals surface area (Å²) < 4.78 is 40.5. The van der Waals surface area contributed by atoms with Crippen molar-refractivity contribution in [2.24, 2.45) is 10.2 Å². The minimum absolute atomic E-state index is 0.256. The van der Waals surface area contributed by atoms with Gasteiger partial charge >= 0.3 is 6.18 Å². The van der Waals surface area contributed by atoms with E-state index in [1.54, 1.807) is 18.2 Å². The fourth-order valence-corrected chi connectivity index (χ4v) is 2.22. The van der Waals surface area contributed by atoms with Crippen LogP contribution < -0.4 is 5.56 Å². The van der Waals surface area contributed by atoms with Crippen LogP contribution in [0.4, 0.5) is 24.5 Å². The van der Waals surface area contributed by atoms with Crippen molar-refractivity contribution in [1.29, 1.82) is 0 Å². The molecule has 1 aromatic heterocycles. The molecule has 0 amide bonds. The van der Waals surface area contributed by atoms with Gasteiger partial charge < -0.3 is 0 Å². The molecule has 1 heterocycles. The van der Waals surface area contributed by atoms with Gasteiger partial charge in [0.15, 0.2) is 11.4 Å². The van der Waals surface area contributed by atoms with Gasteiger partial charge in [0.05, 0.1) is 11.4 Å². The van der Waals surface area contributed by atoms with E-state index in [0.717, 1.165) is 4.68 Å². The number of aromatic nitrogens is 2. The Morgan fingerprint density at radius 2 is 1.60 bits per heavy atom. The molecule has 25 heavy (non-hydrogen) atoms. The molecule has 2 aromatic carbocycles.